The fraction of sp³-hybridized carbons (Fsp3) is 0.893. The summed E-state index contributed by atoms with van der Waals surface area (Å²) in [4.78, 5) is 37.5. The van der Waals surface area contributed by atoms with Crippen molar-refractivity contribution >= 4 is 19.7 Å². The fourth-order valence-corrected chi connectivity index (χ4v) is 8.96. The third-order valence-electron chi connectivity index (χ3n) is 12.6. The lowest BCUT2D eigenvalue weighted by Crippen LogP contribution is -2.47. The monoisotopic (exact) mass is 954 g/mol. The van der Waals surface area contributed by atoms with Crippen LogP contribution in [0.2, 0.25) is 0 Å². The van der Waals surface area contributed by atoms with E-state index in [1.807, 2.05) is 33.3 Å². The van der Waals surface area contributed by atoms with E-state index in [1.54, 1.807) is 0 Å². The molecule has 9 nitrogen and oxygen atoms in total. The van der Waals surface area contributed by atoms with Gasteiger partial charge in [0.15, 0.2) is 0 Å². The van der Waals surface area contributed by atoms with Crippen LogP contribution in [0.1, 0.15) is 271 Å². The zero-order valence-electron chi connectivity index (χ0n) is 44.5. The van der Waals surface area contributed by atoms with Crippen molar-refractivity contribution in [3.05, 3.63) is 24.3 Å². The summed E-state index contributed by atoms with van der Waals surface area (Å²) in [6.45, 7) is 7.01. The number of nitrogens with one attached hydrogen (secondary N) is 1. The number of ether oxygens (including phenoxy) is 1. The van der Waals surface area contributed by atoms with E-state index in [4.69, 9.17) is 13.8 Å². The van der Waals surface area contributed by atoms with Crippen molar-refractivity contribution in [1.29, 1.82) is 0 Å². The molecule has 0 spiro atoms. The number of esters is 1. The minimum Gasteiger partial charge on any atom is -0.456 e. The second-order valence-corrected chi connectivity index (χ2v) is 21.9. The molecule has 0 saturated heterocycles. The number of phosphoric ester groups is 1. The van der Waals surface area contributed by atoms with Gasteiger partial charge in [-0.3, -0.25) is 18.6 Å². The summed E-state index contributed by atoms with van der Waals surface area (Å²) in [5.74, 6) is -0.513. The average Bonchev–Trinajstić information content (AvgIpc) is 3.27. The molecule has 66 heavy (non-hydrogen) atoms. The van der Waals surface area contributed by atoms with E-state index < -0.39 is 20.0 Å². The fourth-order valence-electron chi connectivity index (χ4n) is 8.23. The number of quaternary nitrogens is 1. The van der Waals surface area contributed by atoms with Crippen molar-refractivity contribution in [2.75, 3.05) is 40.9 Å². The number of nitrogens with zero attached hydrogens (tertiary/aromatic N) is 1. The van der Waals surface area contributed by atoms with Gasteiger partial charge in [-0.05, 0) is 57.4 Å². The highest BCUT2D eigenvalue weighted by Gasteiger charge is 2.30. The Kier molecular flexibility index (Phi) is 46.1. The molecule has 0 radical (unpaired) electrons. The quantitative estimate of drug-likeness (QED) is 0.0205. The van der Waals surface area contributed by atoms with Gasteiger partial charge in [-0.2, -0.15) is 0 Å². The highest BCUT2D eigenvalue weighted by Crippen LogP contribution is 2.43. The number of hydrogen-bond donors (Lipinski definition) is 2. The smallest absolute Gasteiger partial charge is 0.456 e. The number of phosphoric acid groups is 1. The number of hydrogen-bond acceptors (Lipinski definition) is 6. The molecule has 0 rings (SSSR count). The Morgan fingerprint density at radius 2 is 0.879 bits per heavy atom. The van der Waals surface area contributed by atoms with Crippen molar-refractivity contribution in [2.45, 2.75) is 283 Å². The van der Waals surface area contributed by atoms with Crippen LogP contribution in [-0.4, -0.2) is 74.3 Å². The summed E-state index contributed by atoms with van der Waals surface area (Å²) in [5.41, 5.74) is 0. The molecular formula is C56H110N2O7P+. The Morgan fingerprint density at radius 1 is 0.515 bits per heavy atom. The Balaban J connectivity index is 5.40. The van der Waals surface area contributed by atoms with Crippen molar-refractivity contribution in [3.8, 4) is 0 Å². The standard InChI is InChI=1S/C56H109N2O7P/c1-7-10-13-16-19-22-25-28-31-33-36-39-42-45-48-55(59)57-53(52-64-66(61,62)63-51-50-58(4,5)6)54(47-44-41-38-35-32-29-26-23-20-17-14-11-8-2)65-56(60)49-46-43-40-37-34-30-27-24-21-18-15-12-9-3/h30,34,44,47,53-54H,7-29,31-33,35-43,45-46,48-52H2,1-6H3,(H-,57,59,61,62)/p+1/b34-30-,47-44+. The number of allylic oxidation sites excluding steroid dienone is 3. The first-order chi connectivity index (χ1) is 31.9. The van der Waals surface area contributed by atoms with E-state index in [0.29, 0.717) is 17.4 Å². The van der Waals surface area contributed by atoms with E-state index in [1.165, 1.54) is 167 Å². The van der Waals surface area contributed by atoms with Crippen LogP contribution in [0.3, 0.4) is 0 Å². The molecule has 390 valence electrons. The van der Waals surface area contributed by atoms with Crippen LogP contribution in [0.4, 0.5) is 0 Å². The predicted molar refractivity (Wildman–Crippen MR) is 282 cm³/mol. The third-order valence-corrected chi connectivity index (χ3v) is 13.6. The molecule has 10 heteroatoms. The first-order valence-corrected chi connectivity index (χ1v) is 29.7. The van der Waals surface area contributed by atoms with Gasteiger partial charge in [-0.25, -0.2) is 4.57 Å². The Bertz CT molecular complexity index is 1190. The lowest BCUT2D eigenvalue weighted by atomic mass is 10.0. The molecule has 3 atom stereocenters. The molecule has 2 N–H and O–H groups in total. The first-order valence-electron chi connectivity index (χ1n) is 28.2. The first kappa shape index (κ1) is 64.5. The van der Waals surface area contributed by atoms with Crippen LogP contribution in [0.5, 0.6) is 0 Å². The molecule has 3 unspecified atom stereocenters. The van der Waals surface area contributed by atoms with Gasteiger partial charge in [0, 0.05) is 12.8 Å². The molecular weight excluding hydrogens is 844 g/mol. The molecule has 0 aliphatic rings. The van der Waals surface area contributed by atoms with Gasteiger partial charge in [-0.15, -0.1) is 0 Å². The zero-order valence-corrected chi connectivity index (χ0v) is 45.3. The minimum absolute atomic E-state index is 0.0413. The Hall–Kier alpha value is -1.51. The summed E-state index contributed by atoms with van der Waals surface area (Å²) in [6, 6.07) is -0.846. The van der Waals surface area contributed by atoms with Crippen molar-refractivity contribution in [3.63, 3.8) is 0 Å². The van der Waals surface area contributed by atoms with Gasteiger partial charge in [0.05, 0.1) is 33.8 Å². The number of likely N-dealkylation sites (N-methyl/N-ethyl adjacent to an activating group) is 1. The van der Waals surface area contributed by atoms with Crippen LogP contribution >= 0.6 is 7.82 Å². The Labute approximate surface area is 409 Å². The summed E-state index contributed by atoms with van der Waals surface area (Å²) >= 11 is 0. The van der Waals surface area contributed by atoms with Gasteiger partial charge in [0.1, 0.15) is 19.3 Å². The lowest BCUT2D eigenvalue weighted by molar-refractivity contribution is -0.870. The van der Waals surface area contributed by atoms with Crippen molar-refractivity contribution in [2.24, 2.45) is 0 Å². The maximum atomic E-state index is 13.5. The highest BCUT2D eigenvalue weighted by molar-refractivity contribution is 7.47. The second kappa shape index (κ2) is 47.2. The van der Waals surface area contributed by atoms with Crippen LogP contribution in [-0.2, 0) is 27.9 Å². The Morgan fingerprint density at radius 3 is 1.30 bits per heavy atom. The largest absolute Gasteiger partial charge is 0.472 e. The summed E-state index contributed by atoms with van der Waals surface area (Å²) in [5, 5.41) is 3.05. The van der Waals surface area contributed by atoms with Crippen LogP contribution in [0.15, 0.2) is 24.3 Å². The molecule has 0 aliphatic carbocycles. The molecule has 0 bridgehead atoms. The second-order valence-electron chi connectivity index (χ2n) is 20.5. The molecule has 1 amide bonds. The maximum absolute atomic E-state index is 13.5. The van der Waals surface area contributed by atoms with Crippen LogP contribution in [0, 0.1) is 0 Å². The molecule has 0 heterocycles. The number of amides is 1. The number of carbonyl (C=O) groups excluding carboxylic acids is 2. The van der Waals surface area contributed by atoms with E-state index in [9.17, 15) is 19.0 Å². The van der Waals surface area contributed by atoms with Crippen LogP contribution in [0.25, 0.3) is 0 Å². The van der Waals surface area contributed by atoms with Crippen molar-refractivity contribution in [1.82, 2.24) is 5.32 Å². The topological polar surface area (TPSA) is 111 Å². The summed E-state index contributed by atoms with van der Waals surface area (Å²) < 4.78 is 30.6. The molecule has 0 aromatic carbocycles. The van der Waals surface area contributed by atoms with E-state index in [2.05, 4.69) is 38.2 Å². The molecule has 0 fully saturated rings. The molecule has 0 aliphatic heterocycles. The van der Waals surface area contributed by atoms with Gasteiger partial charge in [0.25, 0.3) is 0 Å². The predicted octanol–water partition coefficient (Wildman–Crippen LogP) is 16.6. The molecule has 0 aromatic heterocycles. The van der Waals surface area contributed by atoms with Gasteiger partial charge in [0.2, 0.25) is 5.91 Å². The third kappa shape index (κ3) is 47.6. The highest BCUT2D eigenvalue weighted by atomic mass is 31.2. The minimum atomic E-state index is -4.44. The number of carbonyl (C=O) groups is 2. The molecule has 0 aromatic rings. The van der Waals surface area contributed by atoms with E-state index in [-0.39, 0.29) is 31.5 Å². The van der Waals surface area contributed by atoms with Crippen LogP contribution < -0.4 is 5.32 Å². The molecule has 0 saturated carbocycles. The summed E-state index contributed by atoms with van der Waals surface area (Å²) in [6.07, 6.45) is 53.0. The lowest BCUT2D eigenvalue weighted by Gasteiger charge is -2.27. The average molecular weight is 954 g/mol. The number of rotatable bonds is 51. The van der Waals surface area contributed by atoms with Gasteiger partial charge >= 0.3 is 13.8 Å². The van der Waals surface area contributed by atoms with E-state index >= 15 is 0 Å². The zero-order chi connectivity index (χ0) is 48.7. The summed E-state index contributed by atoms with van der Waals surface area (Å²) in [7, 11) is 1.50. The normalized spacial score (nSPS) is 14.0. The van der Waals surface area contributed by atoms with E-state index in [0.717, 1.165) is 70.6 Å². The SMILES string of the molecule is CCCCCCCC/C=C\CCCCCC(=O)OC(/C=C/CCCCCCCCCCCCC)C(COP(=O)(O)OCC[N+](C)(C)C)NC(=O)CCCCCCCCCCCCCCCC. The number of unbranched alkanes of at least 4 members (excludes halogenated alkanes) is 33. The van der Waals surface area contributed by atoms with Gasteiger partial charge in [-0.1, -0.05) is 225 Å². The maximum Gasteiger partial charge on any atom is 0.472 e. The van der Waals surface area contributed by atoms with Crippen molar-refractivity contribution < 1.29 is 37.3 Å². The van der Waals surface area contributed by atoms with Gasteiger partial charge < -0.3 is 19.4 Å².